The Balaban J connectivity index is 2.13. The minimum absolute atomic E-state index is 0.0350. The molecule has 0 atom stereocenters. The molecule has 1 aromatic rings. The second-order valence-corrected chi connectivity index (χ2v) is 5.76. The number of benzene rings is 1. The summed E-state index contributed by atoms with van der Waals surface area (Å²) in [6.45, 7) is 0. The van der Waals surface area contributed by atoms with Crippen molar-refractivity contribution in [2.24, 2.45) is 5.92 Å². The highest BCUT2D eigenvalue weighted by atomic mass is 32.2. The fourth-order valence-corrected chi connectivity index (χ4v) is 2.93. The van der Waals surface area contributed by atoms with Gasteiger partial charge in [-0.15, -0.1) is 0 Å². The number of sulfonamides is 1. The summed E-state index contributed by atoms with van der Waals surface area (Å²) in [6.07, 6.45) is 1.83. The second kappa shape index (κ2) is 3.93. The minimum atomic E-state index is -3.48. The quantitative estimate of drug-likeness (QED) is 0.793. The molecule has 0 spiro atoms. The fraction of sp³-hybridized carbons (Fsp3) is 0.400. The summed E-state index contributed by atoms with van der Waals surface area (Å²) in [5, 5.41) is 8.97. The maximum Gasteiger partial charge on any atom is 0.233 e. The Morgan fingerprint density at radius 1 is 1.44 bits per heavy atom. The molecule has 0 amide bonds. The predicted molar refractivity (Wildman–Crippen MR) is 58.2 cm³/mol. The lowest BCUT2D eigenvalue weighted by molar-refractivity contribution is 0.469. The maximum absolute atomic E-state index is 13.2. The Bertz CT molecular complexity index is 497. The van der Waals surface area contributed by atoms with Crippen LogP contribution in [-0.4, -0.2) is 19.3 Å². The zero-order valence-corrected chi connectivity index (χ0v) is 9.30. The van der Waals surface area contributed by atoms with Gasteiger partial charge in [-0.3, -0.25) is 4.72 Å². The lowest BCUT2D eigenvalue weighted by Gasteiger charge is -2.08. The van der Waals surface area contributed by atoms with Crippen LogP contribution in [-0.2, 0) is 10.0 Å². The molecule has 16 heavy (non-hydrogen) atoms. The molecule has 0 aliphatic heterocycles. The van der Waals surface area contributed by atoms with Crippen LogP contribution in [0.3, 0.4) is 0 Å². The molecule has 6 heteroatoms. The van der Waals surface area contributed by atoms with Crippen LogP contribution in [0.15, 0.2) is 18.2 Å². The Labute approximate surface area is 93.2 Å². The van der Waals surface area contributed by atoms with Gasteiger partial charge in [-0.25, -0.2) is 12.8 Å². The second-order valence-electron chi connectivity index (χ2n) is 3.99. The zero-order valence-electron chi connectivity index (χ0n) is 8.48. The van der Waals surface area contributed by atoms with Crippen molar-refractivity contribution in [3.05, 3.63) is 24.0 Å². The van der Waals surface area contributed by atoms with Crippen molar-refractivity contribution in [1.82, 2.24) is 0 Å². The van der Waals surface area contributed by atoms with Crippen LogP contribution in [0, 0.1) is 11.7 Å². The molecule has 0 unspecified atom stereocenters. The Hall–Kier alpha value is -1.30. The lowest BCUT2D eigenvalue weighted by Crippen LogP contribution is -2.18. The molecular weight excluding hydrogens is 233 g/mol. The molecule has 2 rings (SSSR count). The number of phenols is 1. The maximum atomic E-state index is 13.2. The van der Waals surface area contributed by atoms with Gasteiger partial charge in [-0.1, -0.05) is 0 Å². The van der Waals surface area contributed by atoms with Crippen molar-refractivity contribution in [3.63, 3.8) is 0 Å². The highest BCUT2D eigenvalue weighted by molar-refractivity contribution is 7.92. The molecule has 0 aromatic heterocycles. The van der Waals surface area contributed by atoms with Crippen LogP contribution in [0.2, 0.25) is 0 Å². The average molecular weight is 245 g/mol. The molecule has 1 aromatic carbocycles. The van der Waals surface area contributed by atoms with E-state index in [0.29, 0.717) is 0 Å². The first-order chi connectivity index (χ1) is 7.46. The molecule has 1 fully saturated rings. The van der Waals surface area contributed by atoms with Crippen LogP contribution >= 0.6 is 0 Å². The molecule has 0 saturated heterocycles. The van der Waals surface area contributed by atoms with Crippen molar-refractivity contribution in [1.29, 1.82) is 0 Å². The Morgan fingerprint density at radius 2 is 2.12 bits per heavy atom. The third-order valence-electron chi connectivity index (χ3n) is 2.37. The molecule has 4 nitrogen and oxygen atoms in total. The van der Waals surface area contributed by atoms with Crippen molar-refractivity contribution in [2.45, 2.75) is 12.8 Å². The smallest absolute Gasteiger partial charge is 0.233 e. The summed E-state index contributed by atoms with van der Waals surface area (Å²) >= 11 is 0. The first-order valence-corrected chi connectivity index (χ1v) is 6.60. The predicted octanol–water partition coefficient (Wildman–Crippen LogP) is 1.68. The highest BCUT2D eigenvalue weighted by Crippen LogP contribution is 2.31. The van der Waals surface area contributed by atoms with E-state index in [1.807, 2.05) is 0 Å². The van der Waals surface area contributed by atoms with Gasteiger partial charge in [0, 0.05) is 6.07 Å². The van der Waals surface area contributed by atoms with E-state index in [2.05, 4.69) is 4.72 Å². The van der Waals surface area contributed by atoms with Crippen molar-refractivity contribution >= 4 is 15.7 Å². The molecule has 1 saturated carbocycles. The van der Waals surface area contributed by atoms with E-state index in [9.17, 15) is 12.8 Å². The van der Waals surface area contributed by atoms with Gasteiger partial charge in [0.25, 0.3) is 0 Å². The van der Waals surface area contributed by atoms with Crippen LogP contribution in [0.5, 0.6) is 5.75 Å². The molecule has 0 radical (unpaired) electrons. The van der Waals surface area contributed by atoms with E-state index >= 15 is 0 Å². The molecule has 0 heterocycles. The normalized spacial score (nSPS) is 16.1. The third kappa shape index (κ3) is 2.85. The van der Waals surface area contributed by atoms with Crippen LogP contribution in [0.25, 0.3) is 0 Å². The lowest BCUT2D eigenvalue weighted by atomic mass is 10.3. The summed E-state index contributed by atoms with van der Waals surface area (Å²) in [4.78, 5) is 0. The number of hydrogen-bond donors (Lipinski definition) is 2. The van der Waals surface area contributed by atoms with Crippen molar-refractivity contribution < 1.29 is 17.9 Å². The van der Waals surface area contributed by atoms with Crippen LogP contribution < -0.4 is 4.72 Å². The highest BCUT2D eigenvalue weighted by Gasteiger charge is 2.28. The van der Waals surface area contributed by atoms with E-state index in [4.69, 9.17) is 5.11 Å². The summed E-state index contributed by atoms with van der Waals surface area (Å²) in [5.74, 6) is -0.771. The molecular formula is C10H12FNO3S. The summed E-state index contributed by atoms with van der Waals surface area (Å²) in [6, 6.07) is 3.31. The number of phenolic OH excluding ortho intramolecular Hbond substituents is 1. The molecule has 2 N–H and O–H groups in total. The van der Waals surface area contributed by atoms with Crippen LogP contribution in [0.1, 0.15) is 12.8 Å². The number of nitrogens with one attached hydrogen (secondary N) is 1. The van der Waals surface area contributed by atoms with Gasteiger partial charge in [-0.2, -0.15) is 0 Å². The number of anilines is 1. The van der Waals surface area contributed by atoms with Crippen molar-refractivity contribution in [2.75, 3.05) is 10.5 Å². The largest absolute Gasteiger partial charge is 0.508 e. The van der Waals surface area contributed by atoms with Gasteiger partial charge in [0.2, 0.25) is 10.0 Å². The topological polar surface area (TPSA) is 66.4 Å². The summed E-state index contributed by atoms with van der Waals surface area (Å²) < 4.78 is 38.5. The molecule has 0 bridgehead atoms. The average Bonchev–Trinajstić information content (AvgIpc) is 2.93. The van der Waals surface area contributed by atoms with E-state index < -0.39 is 15.8 Å². The van der Waals surface area contributed by atoms with Gasteiger partial charge in [0.05, 0.1) is 11.4 Å². The molecule has 1 aliphatic rings. The first-order valence-electron chi connectivity index (χ1n) is 4.95. The van der Waals surface area contributed by atoms with Crippen molar-refractivity contribution in [3.8, 4) is 5.75 Å². The van der Waals surface area contributed by atoms with E-state index in [1.54, 1.807) is 0 Å². The van der Waals surface area contributed by atoms with Gasteiger partial charge < -0.3 is 5.11 Å². The first kappa shape index (κ1) is 11.2. The number of hydrogen-bond acceptors (Lipinski definition) is 3. The summed E-state index contributed by atoms with van der Waals surface area (Å²) in [7, 11) is -3.48. The van der Waals surface area contributed by atoms with Gasteiger partial charge in [0.1, 0.15) is 5.75 Å². The van der Waals surface area contributed by atoms with E-state index in [1.165, 1.54) is 12.1 Å². The third-order valence-corrected chi connectivity index (χ3v) is 3.81. The summed E-state index contributed by atoms with van der Waals surface area (Å²) in [5.41, 5.74) is -0.126. The van der Waals surface area contributed by atoms with Crippen LogP contribution in [0.4, 0.5) is 10.1 Å². The Kier molecular flexibility index (Phi) is 2.75. The fourth-order valence-electron chi connectivity index (χ4n) is 1.39. The van der Waals surface area contributed by atoms with E-state index in [0.717, 1.165) is 18.9 Å². The van der Waals surface area contributed by atoms with E-state index in [-0.39, 0.29) is 23.1 Å². The Morgan fingerprint density at radius 3 is 2.69 bits per heavy atom. The monoisotopic (exact) mass is 245 g/mol. The number of aromatic hydroxyl groups is 1. The zero-order chi connectivity index (χ0) is 11.8. The SMILES string of the molecule is O=S(=O)(CC1CC1)Nc1ccc(O)cc1F. The van der Waals surface area contributed by atoms with Gasteiger partial charge in [-0.05, 0) is 30.9 Å². The molecule has 1 aliphatic carbocycles. The van der Waals surface area contributed by atoms with Gasteiger partial charge in [0.15, 0.2) is 5.82 Å². The van der Waals surface area contributed by atoms with Gasteiger partial charge >= 0.3 is 0 Å². The molecule has 88 valence electrons. The number of halogens is 1. The number of rotatable bonds is 4. The standard InChI is InChI=1S/C10H12FNO3S/c11-9-5-8(13)3-4-10(9)12-16(14,15)6-7-1-2-7/h3-5,7,12-13H,1-2,6H2. The minimum Gasteiger partial charge on any atom is -0.508 e.